The van der Waals surface area contributed by atoms with Gasteiger partial charge in [-0.2, -0.15) is 0 Å². The summed E-state index contributed by atoms with van der Waals surface area (Å²) in [5, 5.41) is 0. The molecule has 0 aliphatic carbocycles. The molecule has 1 aromatic carbocycles. The van der Waals surface area contributed by atoms with E-state index in [1.54, 1.807) is 12.1 Å². The molecule has 27 heteroatoms. The number of anilines is 2. The largest absolute Gasteiger partial charge is 0.389 e. The summed E-state index contributed by atoms with van der Waals surface area (Å²) in [6, 6.07) is 7.30. The van der Waals surface area contributed by atoms with Gasteiger partial charge >= 0.3 is 6.80 Å². The highest BCUT2D eigenvalue weighted by atomic mass is 32.7. The molecule has 3 aliphatic heterocycles. The van der Waals surface area contributed by atoms with E-state index in [1.807, 2.05) is 19.1 Å². The summed E-state index contributed by atoms with van der Waals surface area (Å²) in [6.45, 7) is -1.18. The first-order chi connectivity index (χ1) is 29.4. The van der Waals surface area contributed by atoms with E-state index in [1.165, 1.54) is 34.4 Å². The molecule has 326 valence electrons. The van der Waals surface area contributed by atoms with Crippen LogP contribution in [0.4, 0.5) is 20.4 Å². The molecule has 4 N–H and O–H groups in total. The monoisotopic (exact) mass is 908 g/mol. The van der Waals surface area contributed by atoms with Crippen molar-refractivity contribution in [2.24, 2.45) is 0 Å². The van der Waals surface area contributed by atoms with Crippen LogP contribution in [0.2, 0.25) is 0 Å². The number of hydrogen-bond donors (Lipinski definition) is 2. The number of nitrogen functional groups attached to an aromatic ring is 2. The number of benzene rings is 1. The maximum Gasteiger partial charge on any atom is 0.389 e. The number of alkyl halides is 2. The number of nitrogens with zero attached hydrogens (tertiary/aromatic N) is 8. The van der Waals surface area contributed by atoms with Gasteiger partial charge in [0.05, 0.1) is 58.9 Å². The predicted molar refractivity (Wildman–Crippen MR) is 214 cm³/mol. The summed E-state index contributed by atoms with van der Waals surface area (Å²) < 4.78 is 116. The molecule has 21 nitrogen and oxygen atoms in total. The van der Waals surface area contributed by atoms with Crippen LogP contribution < -0.4 is 11.5 Å². The lowest BCUT2D eigenvalue weighted by Crippen LogP contribution is -2.37. The maximum absolute atomic E-state index is 16.8. The molecule has 2 radical (unpaired) electrons. The van der Waals surface area contributed by atoms with Gasteiger partial charge in [0.25, 0.3) is 7.47 Å². The minimum atomic E-state index is -4.66. The van der Waals surface area contributed by atoms with E-state index >= 15 is 8.78 Å². The van der Waals surface area contributed by atoms with Crippen molar-refractivity contribution in [2.45, 2.75) is 68.5 Å². The van der Waals surface area contributed by atoms with Crippen LogP contribution in [0.25, 0.3) is 22.3 Å². The lowest BCUT2D eigenvalue weighted by molar-refractivity contribution is -0.0546. The van der Waals surface area contributed by atoms with Crippen molar-refractivity contribution in [3.05, 3.63) is 60.7 Å². The van der Waals surface area contributed by atoms with Gasteiger partial charge in [-0.05, 0) is 29.4 Å². The van der Waals surface area contributed by atoms with Crippen molar-refractivity contribution < 1.29 is 59.7 Å². The number of rotatable bonds is 14. The first kappa shape index (κ1) is 43.9. The van der Waals surface area contributed by atoms with Crippen LogP contribution in [0, 0.1) is 0 Å². The molecule has 0 amide bonds. The predicted octanol–water partition coefficient (Wildman–Crippen LogP) is 4.01. The number of hydrogen-bond acceptors (Lipinski definition) is 20. The molecule has 0 bridgehead atoms. The quantitative estimate of drug-likeness (QED) is 0.0906. The third-order valence-electron chi connectivity index (χ3n) is 9.82. The lowest BCUT2D eigenvalue weighted by Gasteiger charge is -2.30. The second-order valence-electron chi connectivity index (χ2n) is 13.9. The Morgan fingerprint density at radius 1 is 0.754 bits per heavy atom. The van der Waals surface area contributed by atoms with Crippen LogP contribution in [-0.2, 0) is 63.3 Å². The van der Waals surface area contributed by atoms with Crippen LogP contribution in [0.15, 0.2) is 49.6 Å². The number of halogens is 2. The molecule has 8 rings (SSSR count). The molecule has 61 heavy (non-hydrogen) atoms. The Hall–Kier alpha value is -3.71. The van der Waals surface area contributed by atoms with Crippen LogP contribution in [0.5, 0.6) is 0 Å². The maximum atomic E-state index is 16.8. The Kier molecular flexibility index (Phi) is 13.6. The van der Waals surface area contributed by atoms with Crippen molar-refractivity contribution in [1.29, 1.82) is 0 Å². The molecule has 3 saturated heterocycles. The molecule has 10 atom stereocenters. The second-order valence-corrected chi connectivity index (χ2v) is 19.4. The van der Waals surface area contributed by atoms with Gasteiger partial charge in [0.2, 0.25) is 7.57 Å². The molecule has 4 aromatic heterocycles. The molecule has 7 heterocycles. The van der Waals surface area contributed by atoms with Crippen molar-refractivity contribution in [3.63, 3.8) is 0 Å². The number of nitrogens with two attached hydrogens (primary N) is 2. The Balaban J connectivity index is 1.03. The fourth-order valence-corrected chi connectivity index (χ4v) is 11.2. The Labute approximate surface area is 352 Å². The molecule has 0 unspecified atom stereocenters. The minimum absolute atomic E-state index is 0.0378. The zero-order valence-corrected chi connectivity index (χ0v) is 35.1. The second kappa shape index (κ2) is 19.0. The SMILES string of the molecule is [B][P@]1(=O)OC[C@H]2O[C@@H](n3cnc4c(N)ncnc43)[C@H](F)[C@@H]2O[P@@](=O)(SCc2ccc(COCCOCCOCC)cc2)OC[C@H]2O[C@@H](n3cnc4c(N)ncnc43)[C@H](F)[C@@H]2O1. The fraction of sp³-hybridized carbons (Fsp3) is 0.529. The number of ether oxygens (including phenoxy) is 5. The van der Waals surface area contributed by atoms with Gasteiger partial charge in [0.1, 0.15) is 48.1 Å². The van der Waals surface area contributed by atoms with E-state index in [4.69, 9.17) is 60.8 Å². The lowest BCUT2D eigenvalue weighted by atomic mass is 10.1. The van der Waals surface area contributed by atoms with Crippen LogP contribution in [-0.4, -0.2) is 130 Å². The molecular formula is C34H41BF2N10O11P2S. The van der Waals surface area contributed by atoms with Crippen molar-refractivity contribution in [3.8, 4) is 0 Å². The van der Waals surface area contributed by atoms with Gasteiger partial charge in [-0.15, -0.1) is 0 Å². The Morgan fingerprint density at radius 2 is 1.28 bits per heavy atom. The standard InChI is InChI=1S/C34H41BF2N10O11P2S/c1-2-50-7-8-51-9-10-52-11-19-3-5-20(6-4-19)14-61-60(49)54-13-22-27(23(36)33(56-22)46-17-44-25-29(38)40-15-42-31(25)46)57-59(35,48)53-12-21-28(58-60)24(37)34(55-21)47-18-45-26-30(39)41-16-43-32(26)47/h3-6,15-18,21-24,27-28,33-34H,2,7-14H2,1H3,(H2,38,40,42)(H2,39,41,43)/t21-,22-,23-,24-,27-,28-,33-,34-,59+,60+/m1/s1. The van der Waals surface area contributed by atoms with Crippen LogP contribution in [0.1, 0.15) is 30.5 Å². The van der Waals surface area contributed by atoms with Gasteiger partial charge < -0.3 is 44.2 Å². The highest BCUT2D eigenvalue weighted by molar-refractivity contribution is 8.54. The summed E-state index contributed by atoms with van der Waals surface area (Å²) in [4.78, 5) is 24.5. The molecular weight excluding hydrogens is 867 g/mol. The Bertz CT molecular complexity index is 2390. The third-order valence-corrected chi connectivity index (χ3v) is 14.5. The van der Waals surface area contributed by atoms with E-state index < -0.39 is 76.7 Å². The van der Waals surface area contributed by atoms with Crippen LogP contribution in [0.3, 0.4) is 0 Å². The summed E-state index contributed by atoms with van der Waals surface area (Å²) in [6.07, 6.45) is -8.55. The Morgan fingerprint density at radius 3 is 1.87 bits per heavy atom. The van der Waals surface area contributed by atoms with E-state index in [-0.39, 0.29) is 39.7 Å². The zero-order valence-electron chi connectivity index (χ0n) is 32.5. The van der Waals surface area contributed by atoms with Gasteiger partial charge in [0.15, 0.2) is 47.7 Å². The normalized spacial score (nSPS) is 30.9. The summed E-state index contributed by atoms with van der Waals surface area (Å²) in [5.74, 6) is 0.136. The van der Waals surface area contributed by atoms with Gasteiger partial charge in [-0.25, -0.2) is 43.2 Å². The summed E-state index contributed by atoms with van der Waals surface area (Å²) >= 11 is 0.751. The van der Waals surface area contributed by atoms with Crippen LogP contribution >= 0.6 is 25.7 Å². The smallest absolute Gasteiger partial charge is 0.382 e. The first-order valence-corrected chi connectivity index (χ1v) is 23.7. The highest BCUT2D eigenvalue weighted by Crippen LogP contribution is 2.65. The summed E-state index contributed by atoms with van der Waals surface area (Å²) in [5.41, 5.74) is 14.1. The minimum Gasteiger partial charge on any atom is -0.382 e. The van der Waals surface area contributed by atoms with E-state index in [0.717, 1.165) is 16.9 Å². The zero-order chi connectivity index (χ0) is 42.7. The molecule has 5 aromatic rings. The molecule has 0 saturated carbocycles. The number of aromatic nitrogens is 8. The molecule has 3 fully saturated rings. The van der Waals surface area contributed by atoms with Gasteiger partial charge in [-0.3, -0.25) is 22.7 Å². The highest BCUT2D eigenvalue weighted by Gasteiger charge is 2.54. The van der Waals surface area contributed by atoms with Gasteiger partial charge in [0, 0.05) is 12.4 Å². The van der Waals surface area contributed by atoms with Gasteiger partial charge in [-0.1, -0.05) is 24.3 Å². The first-order valence-electron chi connectivity index (χ1n) is 19.0. The van der Waals surface area contributed by atoms with E-state index in [0.29, 0.717) is 45.2 Å². The topological polar surface area (TPSA) is 256 Å². The van der Waals surface area contributed by atoms with Crippen molar-refractivity contribution in [2.75, 3.05) is 57.7 Å². The van der Waals surface area contributed by atoms with Crippen molar-refractivity contribution in [1.82, 2.24) is 39.0 Å². The third kappa shape index (κ3) is 9.78. The number of fused-ring (bicyclic) bond motifs is 4. The van der Waals surface area contributed by atoms with Crippen molar-refractivity contribution >= 4 is 67.2 Å². The molecule has 0 spiro atoms. The van der Waals surface area contributed by atoms with E-state index in [2.05, 4.69) is 29.9 Å². The molecule has 3 aliphatic rings. The van der Waals surface area contributed by atoms with E-state index in [9.17, 15) is 9.13 Å². The average Bonchev–Trinajstić information content (AvgIpc) is 4.02. The fourth-order valence-electron chi connectivity index (χ4n) is 6.82. The number of imidazole rings is 2. The average molecular weight is 909 g/mol. The summed E-state index contributed by atoms with van der Waals surface area (Å²) in [7, 11) is 1.34.